The van der Waals surface area contributed by atoms with Gasteiger partial charge in [0.2, 0.25) is 0 Å². The van der Waals surface area contributed by atoms with Crippen LogP contribution in [0.25, 0.3) is 0 Å². The first-order chi connectivity index (χ1) is 10.7. The van der Waals surface area contributed by atoms with E-state index in [2.05, 4.69) is 0 Å². The average Bonchev–Trinajstić information content (AvgIpc) is 2.44. The molecule has 0 saturated heterocycles. The van der Waals surface area contributed by atoms with Crippen molar-refractivity contribution in [1.29, 1.82) is 0 Å². The third-order valence-corrected chi connectivity index (χ3v) is 2.96. The number of rotatable bonds is 4. The summed E-state index contributed by atoms with van der Waals surface area (Å²) < 4.78 is 80.6. The molecule has 0 bridgehead atoms. The van der Waals surface area contributed by atoms with Crippen LogP contribution in [0.3, 0.4) is 0 Å². The van der Waals surface area contributed by atoms with Crippen LogP contribution in [0, 0.1) is 23.3 Å². The van der Waals surface area contributed by atoms with E-state index in [-0.39, 0.29) is 12.1 Å². The lowest BCUT2D eigenvalue weighted by Crippen LogP contribution is -2.36. The Morgan fingerprint density at radius 1 is 0.957 bits per heavy atom. The Kier molecular flexibility index (Phi) is 4.63. The van der Waals surface area contributed by atoms with E-state index in [1.807, 2.05) is 0 Å². The maximum absolute atomic E-state index is 13.9. The van der Waals surface area contributed by atoms with Gasteiger partial charge in [0.05, 0.1) is 17.7 Å². The van der Waals surface area contributed by atoms with E-state index >= 15 is 0 Å². The summed E-state index contributed by atoms with van der Waals surface area (Å²) in [6, 6.07) is 4.82. The number of hydrogen-bond acceptors (Lipinski definition) is 1. The molecular formula is C15H9F6NO. The van der Waals surface area contributed by atoms with Crippen molar-refractivity contribution in [3.63, 3.8) is 0 Å². The van der Waals surface area contributed by atoms with Crippen molar-refractivity contribution in [2.75, 3.05) is 6.54 Å². The van der Waals surface area contributed by atoms with E-state index in [0.29, 0.717) is 0 Å². The number of nitrogens with one attached hydrogen (secondary N) is 1. The van der Waals surface area contributed by atoms with Crippen molar-refractivity contribution in [3.05, 3.63) is 70.8 Å². The van der Waals surface area contributed by atoms with Gasteiger partial charge in [0.15, 0.2) is 0 Å². The van der Waals surface area contributed by atoms with Gasteiger partial charge in [0, 0.05) is 12.1 Å². The van der Waals surface area contributed by atoms with Crippen molar-refractivity contribution in [1.82, 2.24) is 5.32 Å². The van der Waals surface area contributed by atoms with Crippen LogP contribution in [0.5, 0.6) is 0 Å². The molecule has 0 aromatic heterocycles. The second-order valence-electron chi connectivity index (χ2n) is 4.61. The Balaban J connectivity index is 2.19. The van der Waals surface area contributed by atoms with Crippen LogP contribution < -0.4 is 5.32 Å². The fourth-order valence-electron chi connectivity index (χ4n) is 1.91. The van der Waals surface area contributed by atoms with E-state index in [0.717, 1.165) is 12.1 Å². The maximum atomic E-state index is 13.9. The van der Waals surface area contributed by atoms with Gasteiger partial charge in [0.1, 0.15) is 23.3 Å². The molecule has 0 spiro atoms. The van der Waals surface area contributed by atoms with Crippen LogP contribution in [-0.2, 0) is 5.92 Å². The van der Waals surface area contributed by atoms with Crippen molar-refractivity contribution in [3.8, 4) is 0 Å². The zero-order valence-corrected chi connectivity index (χ0v) is 11.3. The number of hydrogen-bond donors (Lipinski definition) is 1. The Bertz CT molecular complexity index is 723. The predicted octanol–water partition coefficient (Wildman–Crippen LogP) is 3.76. The molecule has 23 heavy (non-hydrogen) atoms. The summed E-state index contributed by atoms with van der Waals surface area (Å²) in [6.45, 7) is -1.49. The molecule has 1 amide bonds. The minimum absolute atomic E-state index is 0.102. The molecule has 2 rings (SSSR count). The van der Waals surface area contributed by atoms with Crippen molar-refractivity contribution in [2.45, 2.75) is 5.92 Å². The number of carbonyl (C=O) groups is 1. The summed E-state index contributed by atoms with van der Waals surface area (Å²) >= 11 is 0. The maximum Gasteiger partial charge on any atom is 0.295 e. The topological polar surface area (TPSA) is 29.1 Å². The molecule has 1 N–H and O–H groups in total. The van der Waals surface area contributed by atoms with Crippen molar-refractivity contribution in [2.24, 2.45) is 0 Å². The average molecular weight is 333 g/mol. The van der Waals surface area contributed by atoms with E-state index in [4.69, 9.17) is 0 Å². The predicted molar refractivity (Wildman–Crippen MR) is 68.9 cm³/mol. The lowest BCUT2D eigenvalue weighted by molar-refractivity contribution is -0.00948. The summed E-state index contributed by atoms with van der Waals surface area (Å²) in [6.07, 6.45) is 0. The van der Waals surface area contributed by atoms with Gasteiger partial charge < -0.3 is 5.32 Å². The van der Waals surface area contributed by atoms with Crippen LogP contribution >= 0.6 is 0 Å². The number of halogens is 6. The molecule has 0 aliphatic carbocycles. The van der Waals surface area contributed by atoms with Crippen molar-refractivity contribution >= 4 is 5.91 Å². The molecule has 0 unspecified atom stereocenters. The highest BCUT2D eigenvalue weighted by Gasteiger charge is 2.38. The highest BCUT2D eigenvalue weighted by molar-refractivity contribution is 5.94. The molecule has 0 saturated carbocycles. The summed E-state index contributed by atoms with van der Waals surface area (Å²) in [5.74, 6) is -11.2. The van der Waals surface area contributed by atoms with Gasteiger partial charge >= 0.3 is 0 Å². The molecule has 122 valence electrons. The third-order valence-electron chi connectivity index (χ3n) is 2.96. The number of carbonyl (C=O) groups excluding carboxylic acids is 1. The van der Waals surface area contributed by atoms with Gasteiger partial charge in [-0.2, -0.15) is 8.78 Å². The standard InChI is InChI=1S/C15H9F6NO/c16-8-5-11(18)13(12(19)6-8)15(20,21)7-22-14(23)9-3-1-2-4-10(9)17/h1-6H,7H2,(H,22,23). The molecule has 8 heteroatoms. The second-order valence-corrected chi connectivity index (χ2v) is 4.61. The molecule has 0 atom stereocenters. The Labute approximate surface area is 126 Å². The Hall–Kier alpha value is -2.51. The Morgan fingerprint density at radius 2 is 1.52 bits per heavy atom. The monoisotopic (exact) mass is 333 g/mol. The minimum Gasteiger partial charge on any atom is -0.346 e. The van der Waals surface area contributed by atoms with Crippen LogP contribution in [-0.4, -0.2) is 12.5 Å². The Morgan fingerprint density at radius 3 is 2.09 bits per heavy atom. The summed E-state index contributed by atoms with van der Waals surface area (Å²) in [5, 5.41) is 1.69. The van der Waals surface area contributed by atoms with Gasteiger partial charge in [-0.1, -0.05) is 12.1 Å². The fraction of sp³-hybridized carbons (Fsp3) is 0.133. The summed E-state index contributed by atoms with van der Waals surface area (Å²) in [5.41, 5.74) is -2.17. The van der Waals surface area contributed by atoms with Crippen molar-refractivity contribution < 1.29 is 31.1 Å². The van der Waals surface area contributed by atoms with Gasteiger partial charge in [-0.3, -0.25) is 4.79 Å². The summed E-state index contributed by atoms with van der Waals surface area (Å²) in [7, 11) is 0. The number of alkyl halides is 2. The van der Waals surface area contributed by atoms with E-state index < -0.39 is 52.8 Å². The molecule has 0 radical (unpaired) electrons. The molecule has 0 heterocycles. The lowest BCUT2D eigenvalue weighted by Gasteiger charge is -2.19. The van der Waals surface area contributed by atoms with Crippen LogP contribution in [0.1, 0.15) is 15.9 Å². The molecule has 0 fully saturated rings. The highest BCUT2D eigenvalue weighted by Crippen LogP contribution is 2.32. The zero-order valence-electron chi connectivity index (χ0n) is 11.3. The minimum atomic E-state index is -4.15. The third kappa shape index (κ3) is 3.64. The SMILES string of the molecule is O=C(NCC(F)(F)c1c(F)cc(F)cc1F)c1ccccc1F. The van der Waals surface area contributed by atoms with Gasteiger partial charge in [0.25, 0.3) is 11.8 Å². The van der Waals surface area contributed by atoms with Gasteiger partial charge in [-0.15, -0.1) is 0 Å². The van der Waals surface area contributed by atoms with Crippen LogP contribution in [0.2, 0.25) is 0 Å². The van der Waals surface area contributed by atoms with Gasteiger partial charge in [-0.05, 0) is 12.1 Å². The smallest absolute Gasteiger partial charge is 0.295 e. The summed E-state index contributed by atoms with van der Waals surface area (Å²) in [4.78, 5) is 11.6. The fourth-order valence-corrected chi connectivity index (χ4v) is 1.91. The van der Waals surface area contributed by atoms with Crippen LogP contribution in [0.4, 0.5) is 26.3 Å². The lowest BCUT2D eigenvalue weighted by atomic mass is 10.1. The number of benzene rings is 2. The quantitative estimate of drug-likeness (QED) is 0.848. The van der Waals surface area contributed by atoms with Crippen LogP contribution in [0.15, 0.2) is 36.4 Å². The normalized spacial score (nSPS) is 11.4. The molecule has 2 nitrogen and oxygen atoms in total. The zero-order chi connectivity index (χ0) is 17.2. The van der Waals surface area contributed by atoms with E-state index in [1.54, 1.807) is 5.32 Å². The first kappa shape index (κ1) is 16.9. The highest BCUT2D eigenvalue weighted by atomic mass is 19.3. The van der Waals surface area contributed by atoms with E-state index in [1.165, 1.54) is 12.1 Å². The molecule has 0 aliphatic rings. The molecule has 2 aromatic rings. The van der Waals surface area contributed by atoms with E-state index in [9.17, 15) is 31.1 Å². The first-order valence-corrected chi connectivity index (χ1v) is 6.28. The molecule has 2 aromatic carbocycles. The van der Waals surface area contributed by atoms with Gasteiger partial charge in [-0.25, -0.2) is 17.6 Å². The number of amides is 1. The largest absolute Gasteiger partial charge is 0.346 e. The second kappa shape index (κ2) is 6.31. The molecular weight excluding hydrogens is 324 g/mol. The first-order valence-electron chi connectivity index (χ1n) is 6.28. The molecule has 0 aliphatic heterocycles.